The molecule has 0 atom stereocenters. The zero-order valence-electron chi connectivity index (χ0n) is 8.86. The Hall–Kier alpha value is -1.36. The Labute approximate surface area is 87.7 Å². The maximum absolute atomic E-state index is 11.9. The lowest BCUT2D eigenvalue weighted by molar-refractivity contribution is 0.0360. The van der Waals surface area contributed by atoms with Crippen LogP contribution in [0.15, 0.2) is 4.52 Å². The first-order valence-electron chi connectivity index (χ1n) is 4.96. The molecule has 5 heteroatoms. The number of carbonyl (C=O) groups is 1. The van der Waals surface area contributed by atoms with Gasteiger partial charge in [-0.25, -0.2) is 0 Å². The third-order valence-corrected chi connectivity index (χ3v) is 2.75. The molecule has 1 aromatic rings. The number of carbonyl (C=O) groups excluding carboxylic acids is 1. The third-order valence-electron chi connectivity index (χ3n) is 2.75. The van der Waals surface area contributed by atoms with E-state index in [1.165, 1.54) is 0 Å². The highest BCUT2D eigenvalue weighted by Crippen LogP contribution is 2.21. The van der Waals surface area contributed by atoms with Crippen molar-refractivity contribution in [1.82, 2.24) is 10.1 Å². The number of rotatable bonds is 2. The quantitative estimate of drug-likeness (QED) is 0.765. The van der Waals surface area contributed by atoms with Crippen LogP contribution in [0.3, 0.4) is 0 Å². The molecular weight excluding hydrogens is 196 g/mol. The number of amides is 1. The van der Waals surface area contributed by atoms with Gasteiger partial charge in [-0.3, -0.25) is 4.79 Å². The van der Waals surface area contributed by atoms with E-state index in [-0.39, 0.29) is 18.4 Å². The van der Waals surface area contributed by atoms with Gasteiger partial charge in [0.05, 0.1) is 5.69 Å². The number of aliphatic hydroxyl groups is 1. The van der Waals surface area contributed by atoms with Crippen molar-refractivity contribution in [2.24, 2.45) is 5.92 Å². The van der Waals surface area contributed by atoms with Crippen LogP contribution in [0.4, 0.5) is 0 Å². The van der Waals surface area contributed by atoms with Crippen molar-refractivity contribution < 1.29 is 14.4 Å². The molecule has 1 aromatic heterocycles. The summed E-state index contributed by atoms with van der Waals surface area (Å²) >= 11 is 0. The van der Waals surface area contributed by atoms with E-state index in [1.807, 2.05) is 0 Å². The lowest BCUT2D eigenvalue weighted by Crippen LogP contribution is -2.51. The molecule has 0 aromatic carbocycles. The number of aromatic nitrogens is 1. The summed E-state index contributed by atoms with van der Waals surface area (Å²) < 4.78 is 4.94. The first-order valence-corrected chi connectivity index (χ1v) is 4.96. The van der Waals surface area contributed by atoms with E-state index in [9.17, 15) is 4.79 Å². The van der Waals surface area contributed by atoms with Crippen molar-refractivity contribution in [1.29, 1.82) is 0 Å². The van der Waals surface area contributed by atoms with Crippen LogP contribution in [-0.4, -0.2) is 40.8 Å². The highest BCUT2D eigenvalue weighted by molar-refractivity contribution is 5.96. The predicted octanol–water partition coefficient (Wildman–Crippen LogP) is 0.356. The van der Waals surface area contributed by atoms with Crippen molar-refractivity contribution in [3.05, 3.63) is 17.0 Å². The summed E-state index contributed by atoms with van der Waals surface area (Å²) in [6.45, 7) is 4.88. The maximum Gasteiger partial charge on any atom is 0.259 e. The van der Waals surface area contributed by atoms with Crippen LogP contribution < -0.4 is 0 Å². The van der Waals surface area contributed by atoms with Crippen LogP contribution in [0.2, 0.25) is 0 Å². The summed E-state index contributed by atoms with van der Waals surface area (Å²) in [5.41, 5.74) is 1.19. The Morgan fingerprint density at radius 3 is 2.73 bits per heavy atom. The van der Waals surface area contributed by atoms with Crippen molar-refractivity contribution in [2.75, 3.05) is 19.7 Å². The fourth-order valence-electron chi connectivity index (χ4n) is 1.80. The zero-order chi connectivity index (χ0) is 11.0. The molecule has 1 fully saturated rings. The number of hydrogen-bond donors (Lipinski definition) is 1. The molecule has 1 aliphatic heterocycles. The molecule has 1 amide bonds. The molecule has 1 N–H and O–H groups in total. The SMILES string of the molecule is Cc1noc(C)c1C(=O)N1CC(CO)C1. The Morgan fingerprint density at radius 1 is 1.60 bits per heavy atom. The molecule has 1 saturated heterocycles. The fourth-order valence-corrected chi connectivity index (χ4v) is 1.80. The lowest BCUT2D eigenvalue weighted by Gasteiger charge is -2.38. The van der Waals surface area contributed by atoms with Crippen LogP contribution in [-0.2, 0) is 0 Å². The number of hydrogen-bond acceptors (Lipinski definition) is 4. The van der Waals surface area contributed by atoms with Gasteiger partial charge in [-0.2, -0.15) is 0 Å². The van der Waals surface area contributed by atoms with Gasteiger partial charge < -0.3 is 14.5 Å². The number of likely N-dealkylation sites (tertiary alicyclic amines) is 1. The Bertz CT molecular complexity index is 361. The van der Waals surface area contributed by atoms with Crippen molar-refractivity contribution >= 4 is 5.91 Å². The van der Waals surface area contributed by atoms with Crippen LogP contribution in [0.25, 0.3) is 0 Å². The van der Waals surface area contributed by atoms with E-state index in [0.717, 1.165) is 0 Å². The van der Waals surface area contributed by atoms with Crippen molar-refractivity contribution in [2.45, 2.75) is 13.8 Å². The summed E-state index contributed by atoms with van der Waals surface area (Å²) in [6, 6.07) is 0. The smallest absolute Gasteiger partial charge is 0.259 e. The van der Waals surface area contributed by atoms with Gasteiger partial charge >= 0.3 is 0 Å². The molecule has 82 valence electrons. The zero-order valence-corrected chi connectivity index (χ0v) is 8.86. The van der Waals surface area contributed by atoms with Gasteiger partial charge in [0.15, 0.2) is 0 Å². The number of aryl methyl sites for hydroxylation is 2. The van der Waals surface area contributed by atoms with Gasteiger partial charge in [0, 0.05) is 25.6 Å². The average Bonchev–Trinajstić information content (AvgIpc) is 2.44. The van der Waals surface area contributed by atoms with Crippen molar-refractivity contribution in [3.63, 3.8) is 0 Å². The van der Waals surface area contributed by atoms with E-state index in [4.69, 9.17) is 9.63 Å². The van der Waals surface area contributed by atoms with Crippen LogP contribution in [0, 0.1) is 19.8 Å². The topological polar surface area (TPSA) is 66.6 Å². The van der Waals surface area contributed by atoms with Gasteiger partial charge in [-0.05, 0) is 13.8 Å². The van der Waals surface area contributed by atoms with E-state index < -0.39 is 0 Å². The minimum Gasteiger partial charge on any atom is -0.396 e. The summed E-state index contributed by atoms with van der Waals surface area (Å²) in [4.78, 5) is 13.6. The van der Waals surface area contributed by atoms with Crippen molar-refractivity contribution in [3.8, 4) is 0 Å². The van der Waals surface area contributed by atoms with Gasteiger partial charge in [-0.15, -0.1) is 0 Å². The molecular formula is C10H14N2O3. The molecule has 2 rings (SSSR count). The predicted molar refractivity (Wildman–Crippen MR) is 52.5 cm³/mol. The van der Waals surface area contributed by atoms with E-state index >= 15 is 0 Å². The standard InChI is InChI=1S/C10H14N2O3/c1-6-9(7(2)15-11-6)10(14)12-3-8(4-12)5-13/h8,13H,3-5H2,1-2H3. The monoisotopic (exact) mass is 210 g/mol. The molecule has 0 spiro atoms. The van der Waals surface area contributed by atoms with Crippen LogP contribution in [0.5, 0.6) is 0 Å². The number of aliphatic hydroxyl groups excluding tert-OH is 1. The van der Waals surface area contributed by atoms with E-state index in [0.29, 0.717) is 30.1 Å². The summed E-state index contributed by atoms with van der Waals surface area (Å²) in [5.74, 6) is 0.746. The second-order valence-corrected chi connectivity index (χ2v) is 3.96. The molecule has 0 bridgehead atoms. The van der Waals surface area contributed by atoms with Gasteiger partial charge in [0.25, 0.3) is 5.91 Å². The maximum atomic E-state index is 11.9. The van der Waals surface area contributed by atoms with Crippen LogP contribution >= 0.6 is 0 Å². The average molecular weight is 210 g/mol. The molecule has 1 aliphatic rings. The van der Waals surface area contributed by atoms with Crippen LogP contribution in [0.1, 0.15) is 21.8 Å². The lowest BCUT2D eigenvalue weighted by atomic mass is 9.99. The molecule has 0 radical (unpaired) electrons. The molecule has 0 unspecified atom stereocenters. The molecule has 15 heavy (non-hydrogen) atoms. The molecule has 2 heterocycles. The molecule has 0 aliphatic carbocycles. The fraction of sp³-hybridized carbons (Fsp3) is 0.600. The van der Waals surface area contributed by atoms with E-state index in [1.54, 1.807) is 18.7 Å². The summed E-state index contributed by atoms with van der Waals surface area (Å²) in [5, 5.41) is 12.6. The normalized spacial score (nSPS) is 16.6. The summed E-state index contributed by atoms with van der Waals surface area (Å²) in [7, 11) is 0. The first kappa shape index (κ1) is 10.2. The second kappa shape index (κ2) is 3.66. The Balaban J connectivity index is 2.10. The minimum atomic E-state index is -0.0454. The first-order chi connectivity index (χ1) is 7.13. The van der Waals surface area contributed by atoms with Gasteiger partial charge in [0.2, 0.25) is 0 Å². The Morgan fingerprint density at radius 2 is 2.27 bits per heavy atom. The molecule has 0 saturated carbocycles. The minimum absolute atomic E-state index is 0.0454. The Kier molecular flexibility index (Phi) is 2.48. The van der Waals surface area contributed by atoms with Gasteiger partial charge in [-0.1, -0.05) is 5.16 Å². The number of nitrogens with zero attached hydrogens (tertiary/aromatic N) is 2. The second-order valence-electron chi connectivity index (χ2n) is 3.96. The molecule has 5 nitrogen and oxygen atoms in total. The summed E-state index contributed by atoms with van der Waals surface area (Å²) in [6.07, 6.45) is 0. The third kappa shape index (κ3) is 1.63. The highest BCUT2D eigenvalue weighted by Gasteiger charge is 2.33. The largest absolute Gasteiger partial charge is 0.396 e. The van der Waals surface area contributed by atoms with E-state index in [2.05, 4.69) is 5.16 Å². The highest BCUT2D eigenvalue weighted by atomic mass is 16.5. The van der Waals surface area contributed by atoms with Gasteiger partial charge in [0.1, 0.15) is 11.3 Å².